The molecular formula is C21H19ClF4N6O5. The minimum Gasteiger partial charge on any atom is -0.480 e. The van der Waals surface area contributed by atoms with E-state index in [2.05, 4.69) is 34.1 Å². The molecule has 0 radical (unpaired) electrons. The number of hydrogen-bond donors (Lipinski definition) is 2. The summed E-state index contributed by atoms with van der Waals surface area (Å²) in [4.78, 5) is 36.7. The fourth-order valence-corrected chi connectivity index (χ4v) is 2.53. The van der Waals surface area contributed by atoms with Crippen LogP contribution in [0.25, 0.3) is 11.5 Å². The quantitative estimate of drug-likeness (QED) is 0.160. The zero-order valence-electron chi connectivity index (χ0n) is 19.3. The molecule has 0 saturated carbocycles. The Bertz CT molecular complexity index is 1290. The molecule has 37 heavy (non-hydrogen) atoms. The summed E-state index contributed by atoms with van der Waals surface area (Å²) in [7, 11) is 3.36. The summed E-state index contributed by atoms with van der Waals surface area (Å²) in [5, 5.41) is 7.09. The van der Waals surface area contributed by atoms with Crippen molar-refractivity contribution in [1.82, 2.24) is 19.9 Å². The highest BCUT2D eigenvalue weighted by molar-refractivity contribution is 5.96. The van der Waals surface area contributed by atoms with Gasteiger partial charge in [0.2, 0.25) is 11.8 Å². The lowest BCUT2D eigenvalue weighted by Crippen LogP contribution is -2.14. The lowest BCUT2D eigenvalue weighted by molar-refractivity contribution is -0.142. The summed E-state index contributed by atoms with van der Waals surface area (Å²) < 4.78 is 65.5. The third-order valence-electron chi connectivity index (χ3n) is 4.18. The van der Waals surface area contributed by atoms with Crippen molar-refractivity contribution in [2.75, 3.05) is 21.3 Å². The second-order valence-corrected chi connectivity index (χ2v) is 6.48. The van der Waals surface area contributed by atoms with Crippen molar-refractivity contribution < 1.29 is 41.4 Å². The molecule has 0 aliphatic carbocycles. The molecule has 0 aliphatic heterocycles. The van der Waals surface area contributed by atoms with Gasteiger partial charge >= 0.3 is 18.1 Å². The topological polar surface area (TPSA) is 163 Å². The van der Waals surface area contributed by atoms with Crippen LogP contribution in [0.1, 0.15) is 32.0 Å². The van der Waals surface area contributed by atoms with E-state index >= 15 is 0 Å². The van der Waals surface area contributed by atoms with Gasteiger partial charge in [0.15, 0.2) is 11.4 Å². The third-order valence-corrected chi connectivity index (χ3v) is 4.18. The fraction of sp³-hybridized carbons (Fsp3) is 0.190. The Morgan fingerprint density at radius 2 is 1.49 bits per heavy atom. The van der Waals surface area contributed by atoms with Crippen molar-refractivity contribution in [3.8, 4) is 17.4 Å². The molecule has 0 aliphatic rings. The van der Waals surface area contributed by atoms with E-state index in [0.717, 1.165) is 20.3 Å². The number of carbonyl (C=O) groups is 2. The van der Waals surface area contributed by atoms with Crippen LogP contribution in [-0.4, -0.2) is 59.0 Å². The number of esters is 2. The van der Waals surface area contributed by atoms with Crippen LogP contribution in [0.2, 0.25) is 0 Å². The number of methoxy groups -OCH3 is 3. The number of rotatable bonds is 5. The zero-order chi connectivity index (χ0) is 27.0. The van der Waals surface area contributed by atoms with Crippen molar-refractivity contribution in [2.45, 2.75) is 6.18 Å². The van der Waals surface area contributed by atoms with Gasteiger partial charge in [-0.1, -0.05) is 0 Å². The van der Waals surface area contributed by atoms with Crippen LogP contribution in [0.4, 0.5) is 17.6 Å². The van der Waals surface area contributed by atoms with E-state index in [4.69, 9.17) is 11.1 Å². The molecule has 3 rings (SSSR count). The lowest BCUT2D eigenvalue weighted by Gasteiger charge is -2.12. The van der Waals surface area contributed by atoms with E-state index in [1.165, 1.54) is 37.7 Å². The van der Waals surface area contributed by atoms with Crippen LogP contribution in [0.3, 0.4) is 0 Å². The molecule has 0 aromatic carbocycles. The maximum absolute atomic E-state index is 13.7. The van der Waals surface area contributed by atoms with E-state index < -0.39 is 41.3 Å². The van der Waals surface area contributed by atoms with Crippen LogP contribution >= 0.6 is 12.4 Å². The molecule has 0 fully saturated rings. The van der Waals surface area contributed by atoms with Crippen LogP contribution in [-0.2, 0) is 15.7 Å². The number of ether oxygens (including phenoxy) is 3. The Morgan fingerprint density at radius 3 is 1.97 bits per heavy atom. The smallest absolute Gasteiger partial charge is 0.426 e. The first-order valence-electron chi connectivity index (χ1n) is 9.55. The molecule has 198 valence electrons. The number of nitrogen functional groups attached to an aromatic ring is 1. The Balaban J connectivity index is 0.000000417. The average molecular weight is 547 g/mol. The molecule has 0 spiro atoms. The first kappa shape index (κ1) is 30.6. The molecule has 11 nitrogen and oxygen atoms in total. The van der Waals surface area contributed by atoms with Gasteiger partial charge < -0.3 is 19.9 Å². The molecule has 0 atom stereocenters. The lowest BCUT2D eigenvalue weighted by atomic mass is 10.2. The van der Waals surface area contributed by atoms with E-state index in [1.54, 1.807) is 0 Å². The molecule has 3 heterocycles. The normalized spacial score (nSPS) is 10.2. The molecule has 0 amide bonds. The molecule has 3 N–H and O–H groups in total. The largest absolute Gasteiger partial charge is 0.480 e. The third kappa shape index (κ3) is 7.79. The van der Waals surface area contributed by atoms with Crippen molar-refractivity contribution in [3.05, 3.63) is 65.0 Å². The maximum atomic E-state index is 13.7. The second-order valence-electron chi connectivity index (χ2n) is 6.48. The molecule has 16 heteroatoms. The second kappa shape index (κ2) is 13.1. The number of carbonyl (C=O) groups excluding carboxylic acids is 2. The first-order chi connectivity index (χ1) is 16.9. The van der Waals surface area contributed by atoms with Gasteiger partial charge in [0, 0.05) is 12.4 Å². The van der Waals surface area contributed by atoms with Gasteiger partial charge in [0.1, 0.15) is 17.2 Å². The van der Waals surface area contributed by atoms with Gasteiger partial charge in [0.05, 0.1) is 32.5 Å². The summed E-state index contributed by atoms with van der Waals surface area (Å²) in [5.74, 6) is -4.59. The standard InChI is InChI=1S/C13H9F4N3O3.C8H9N3O2.ClH/c1-22-11-8(13(15,16)17)9(14)19-10(20-11)7-5-6(3-4-18-7)12(21)23-2;1-13-8(12)5-2-3-11-6(4-5)7(9)10;/h3-5H,1-2H3;2-4H,1H3,(H3,9,10);1H. The van der Waals surface area contributed by atoms with Crippen LogP contribution in [0.15, 0.2) is 36.7 Å². The van der Waals surface area contributed by atoms with Gasteiger partial charge in [-0.25, -0.2) is 9.59 Å². The summed E-state index contributed by atoms with van der Waals surface area (Å²) in [6, 6.07) is 5.38. The number of nitrogens with one attached hydrogen (secondary N) is 1. The van der Waals surface area contributed by atoms with Crippen molar-refractivity contribution in [2.24, 2.45) is 5.73 Å². The zero-order valence-corrected chi connectivity index (χ0v) is 20.1. The highest BCUT2D eigenvalue weighted by Gasteiger charge is 2.40. The molecule has 3 aromatic heterocycles. The minimum absolute atomic E-state index is 0. The average Bonchev–Trinajstić information content (AvgIpc) is 2.86. The number of amidine groups is 1. The summed E-state index contributed by atoms with van der Waals surface area (Å²) in [5.41, 5.74) is 4.02. The van der Waals surface area contributed by atoms with Crippen molar-refractivity contribution in [1.29, 1.82) is 5.41 Å². The van der Waals surface area contributed by atoms with Crippen LogP contribution in [0.5, 0.6) is 5.88 Å². The predicted octanol–water partition coefficient (Wildman–Crippen LogP) is 3.07. The Kier molecular flexibility index (Phi) is 10.8. The summed E-state index contributed by atoms with van der Waals surface area (Å²) in [6.45, 7) is 0. The molecular weight excluding hydrogens is 528 g/mol. The number of nitrogens with zero attached hydrogens (tertiary/aromatic N) is 4. The monoisotopic (exact) mass is 546 g/mol. The van der Waals surface area contributed by atoms with Gasteiger partial charge in [-0.15, -0.1) is 12.4 Å². The van der Waals surface area contributed by atoms with Crippen LogP contribution < -0.4 is 10.5 Å². The number of nitrogens with two attached hydrogens (primary N) is 1. The molecule has 0 saturated heterocycles. The minimum atomic E-state index is -5.02. The Morgan fingerprint density at radius 1 is 0.946 bits per heavy atom. The van der Waals surface area contributed by atoms with Gasteiger partial charge in [0.25, 0.3) is 0 Å². The van der Waals surface area contributed by atoms with Gasteiger partial charge in [-0.2, -0.15) is 27.5 Å². The van der Waals surface area contributed by atoms with E-state index in [-0.39, 0.29) is 35.2 Å². The van der Waals surface area contributed by atoms with E-state index in [1.807, 2.05) is 0 Å². The highest BCUT2D eigenvalue weighted by Crippen LogP contribution is 2.37. The van der Waals surface area contributed by atoms with Gasteiger partial charge in [-0.3, -0.25) is 15.4 Å². The summed E-state index contributed by atoms with van der Waals surface area (Å²) >= 11 is 0. The molecule has 3 aromatic rings. The van der Waals surface area contributed by atoms with Crippen molar-refractivity contribution >= 4 is 30.2 Å². The number of hydrogen-bond acceptors (Lipinski definition) is 10. The molecule has 0 bridgehead atoms. The van der Waals surface area contributed by atoms with Crippen molar-refractivity contribution in [3.63, 3.8) is 0 Å². The highest BCUT2D eigenvalue weighted by atomic mass is 35.5. The van der Waals surface area contributed by atoms with Crippen LogP contribution in [0, 0.1) is 11.4 Å². The number of aromatic nitrogens is 4. The Hall–Kier alpha value is -4.40. The summed E-state index contributed by atoms with van der Waals surface area (Å²) in [6.07, 6.45) is -2.43. The predicted molar refractivity (Wildman–Crippen MR) is 122 cm³/mol. The fourth-order valence-electron chi connectivity index (χ4n) is 2.53. The SMILES string of the molecule is COC(=O)c1ccnc(-c2nc(F)c(C(F)(F)F)c(OC)n2)c1.COC(=O)c1ccnc(C(=N)N)c1.Cl. The number of pyridine rings is 2. The van der Waals surface area contributed by atoms with Gasteiger partial charge in [-0.05, 0) is 24.3 Å². The Labute approximate surface area is 212 Å². The van der Waals surface area contributed by atoms with E-state index in [9.17, 15) is 27.2 Å². The first-order valence-corrected chi connectivity index (χ1v) is 9.55. The number of halogens is 5. The number of alkyl halides is 3. The molecule has 0 unspecified atom stereocenters. The van der Waals surface area contributed by atoms with E-state index in [0.29, 0.717) is 5.56 Å². The maximum Gasteiger partial charge on any atom is 0.426 e.